The van der Waals surface area contributed by atoms with Gasteiger partial charge in [-0.15, -0.1) is 0 Å². The fourth-order valence-corrected chi connectivity index (χ4v) is 5.53. The molecule has 3 rings (SSSR count). The van der Waals surface area contributed by atoms with Crippen molar-refractivity contribution in [1.82, 2.24) is 4.31 Å². The minimum Gasteiger partial charge on any atom is -0.495 e. The third kappa shape index (κ3) is 5.91. The average molecular weight is 475 g/mol. The van der Waals surface area contributed by atoms with E-state index >= 15 is 0 Å². The summed E-state index contributed by atoms with van der Waals surface area (Å²) in [5.74, 6) is -1.11. The lowest BCUT2D eigenvalue weighted by Crippen LogP contribution is -2.32. The van der Waals surface area contributed by atoms with E-state index in [9.17, 15) is 18.0 Å². The summed E-state index contributed by atoms with van der Waals surface area (Å²) < 4.78 is 38.4. The van der Waals surface area contributed by atoms with Gasteiger partial charge in [-0.3, -0.25) is 4.79 Å². The zero-order valence-electron chi connectivity index (χ0n) is 19.2. The molecule has 1 heterocycles. The molecule has 0 saturated carbocycles. The Bertz CT molecular complexity index is 1100. The summed E-state index contributed by atoms with van der Waals surface area (Å²) in [7, 11) is -2.46. The second-order valence-corrected chi connectivity index (χ2v) is 9.98. The van der Waals surface area contributed by atoms with Crippen molar-refractivity contribution in [2.24, 2.45) is 0 Å². The molecule has 1 N–H and O–H groups in total. The number of nitrogens with one attached hydrogen (secondary N) is 1. The van der Waals surface area contributed by atoms with Crippen LogP contribution >= 0.6 is 0 Å². The Hall–Kier alpha value is -2.91. The number of rotatable bonds is 7. The van der Waals surface area contributed by atoms with E-state index in [1.807, 2.05) is 32.0 Å². The van der Waals surface area contributed by atoms with Crippen LogP contribution in [-0.2, 0) is 19.6 Å². The molecular formula is C24H30N2O6S. The minimum absolute atomic E-state index is 0.0315. The van der Waals surface area contributed by atoms with Gasteiger partial charge >= 0.3 is 5.97 Å². The van der Waals surface area contributed by atoms with Crippen LogP contribution in [0.2, 0.25) is 0 Å². The van der Waals surface area contributed by atoms with Gasteiger partial charge < -0.3 is 14.8 Å². The first-order chi connectivity index (χ1) is 15.7. The Kier molecular flexibility index (Phi) is 8.10. The second kappa shape index (κ2) is 10.8. The van der Waals surface area contributed by atoms with E-state index in [0.29, 0.717) is 18.8 Å². The van der Waals surface area contributed by atoms with Crippen LogP contribution in [0, 0.1) is 13.8 Å². The Morgan fingerprint density at radius 3 is 2.24 bits per heavy atom. The van der Waals surface area contributed by atoms with Crippen molar-refractivity contribution >= 4 is 27.6 Å². The Labute approximate surface area is 194 Å². The summed E-state index contributed by atoms with van der Waals surface area (Å²) in [4.78, 5) is 24.8. The van der Waals surface area contributed by atoms with Crippen molar-refractivity contribution in [1.29, 1.82) is 0 Å². The molecule has 0 unspecified atom stereocenters. The molecule has 1 saturated heterocycles. The molecule has 1 fully saturated rings. The quantitative estimate of drug-likeness (QED) is 0.615. The zero-order chi connectivity index (χ0) is 24.0. The SMILES string of the molecule is COc1ccc(C(=O)OCC(=O)Nc2c(C)cccc2C)cc1S(=O)(=O)N1CCCCCC1. The van der Waals surface area contributed by atoms with E-state index in [0.717, 1.165) is 36.8 Å². The van der Waals surface area contributed by atoms with E-state index in [4.69, 9.17) is 9.47 Å². The van der Waals surface area contributed by atoms with E-state index in [2.05, 4.69) is 5.32 Å². The van der Waals surface area contributed by atoms with Crippen molar-refractivity contribution in [2.75, 3.05) is 32.1 Å². The number of anilines is 1. The number of aryl methyl sites for hydroxylation is 2. The molecule has 1 aliphatic rings. The largest absolute Gasteiger partial charge is 0.495 e. The van der Waals surface area contributed by atoms with Crippen molar-refractivity contribution in [3.05, 3.63) is 53.1 Å². The van der Waals surface area contributed by atoms with Gasteiger partial charge in [0, 0.05) is 18.8 Å². The van der Waals surface area contributed by atoms with Crippen LogP contribution in [0.3, 0.4) is 0 Å². The maximum Gasteiger partial charge on any atom is 0.338 e. The first kappa shape index (κ1) is 24.7. The highest BCUT2D eigenvalue weighted by Gasteiger charge is 2.29. The van der Waals surface area contributed by atoms with Crippen molar-refractivity contribution < 1.29 is 27.5 Å². The highest BCUT2D eigenvalue weighted by molar-refractivity contribution is 7.89. The summed E-state index contributed by atoms with van der Waals surface area (Å²) in [6, 6.07) is 9.74. The number of carbonyl (C=O) groups excluding carboxylic acids is 2. The number of nitrogens with zero attached hydrogens (tertiary/aromatic N) is 1. The standard InChI is InChI=1S/C24H30N2O6S/c1-17-9-8-10-18(2)23(17)25-22(27)16-32-24(28)19-11-12-20(31-3)21(15-19)33(29,30)26-13-6-4-5-7-14-26/h8-12,15H,4-7,13-14,16H2,1-3H3,(H,25,27). The molecule has 1 amide bonds. The fraction of sp³-hybridized carbons (Fsp3) is 0.417. The predicted molar refractivity (Wildman–Crippen MR) is 125 cm³/mol. The summed E-state index contributed by atoms with van der Waals surface area (Å²) in [5, 5.41) is 2.75. The average Bonchev–Trinajstić information content (AvgIpc) is 3.10. The third-order valence-electron chi connectivity index (χ3n) is 5.66. The predicted octanol–water partition coefficient (Wildman–Crippen LogP) is 3.67. The summed E-state index contributed by atoms with van der Waals surface area (Å²) >= 11 is 0. The lowest BCUT2D eigenvalue weighted by atomic mass is 10.1. The molecule has 178 valence electrons. The minimum atomic E-state index is -3.84. The van der Waals surface area contributed by atoms with Gasteiger partial charge in [-0.1, -0.05) is 31.0 Å². The second-order valence-electron chi connectivity index (χ2n) is 8.08. The number of sulfonamides is 1. The van der Waals surface area contributed by atoms with Crippen molar-refractivity contribution in [2.45, 2.75) is 44.4 Å². The highest BCUT2D eigenvalue weighted by atomic mass is 32.2. The van der Waals surface area contributed by atoms with Crippen LogP contribution < -0.4 is 10.1 Å². The molecule has 0 aromatic heterocycles. The first-order valence-corrected chi connectivity index (χ1v) is 12.4. The molecule has 0 bridgehead atoms. The topological polar surface area (TPSA) is 102 Å². The molecule has 0 radical (unpaired) electrons. The molecule has 33 heavy (non-hydrogen) atoms. The molecule has 0 atom stereocenters. The van der Waals surface area contributed by atoms with E-state index in [-0.39, 0.29) is 16.2 Å². The van der Waals surface area contributed by atoms with Crippen LogP contribution in [0.25, 0.3) is 0 Å². The van der Waals surface area contributed by atoms with Gasteiger partial charge in [-0.2, -0.15) is 4.31 Å². The van der Waals surface area contributed by atoms with Gasteiger partial charge in [0.2, 0.25) is 10.0 Å². The molecule has 9 heteroatoms. The number of ether oxygens (including phenoxy) is 2. The lowest BCUT2D eigenvalue weighted by molar-refractivity contribution is -0.119. The smallest absolute Gasteiger partial charge is 0.338 e. The first-order valence-electron chi connectivity index (χ1n) is 11.0. The van der Waals surface area contributed by atoms with Crippen LogP contribution in [0.5, 0.6) is 5.75 Å². The Morgan fingerprint density at radius 2 is 1.64 bits per heavy atom. The number of amides is 1. The van der Waals surface area contributed by atoms with Crippen LogP contribution in [0.1, 0.15) is 47.2 Å². The van der Waals surface area contributed by atoms with Gasteiger partial charge in [0.25, 0.3) is 5.91 Å². The molecule has 0 aliphatic carbocycles. The van der Waals surface area contributed by atoms with Gasteiger partial charge in [-0.05, 0) is 56.0 Å². The Morgan fingerprint density at radius 1 is 1.00 bits per heavy atom. The number of hydrogen-bond acceptors (Lipinski definition) is 6. The van der Waals surface area contributed by atoms with Gasteiger partial charge in [0.1, 0.15) is 10.6 Å². The zero-order valence-corrected chi connectivity index (χ0v) is 20.0. The summed E-state index contributed by atoms with van der Waals surface area (Å²) in [5.41, 5.74) is 2.50. The number of carbonyl (C=O) groups is 2. The van der Waals surface area contributed by atoms with Crippen LogP contribution in [0.15, 0.2) is 41.3 Å². The summed E-state index contributed by atoms with van der Waals surface area (Å²) in [6.45, 7) is 4.11. The molecular weight excluding hydrogens is 444 g/mol. The van der Waals surface area contributed by atoms with E-state index in [1.165, 1.54) is 29.6 Å². The number of benzene rings is 2. The molecule has 2 aromatic rings. The number of hydrogen-bond donors (Lipinski definition) is 1. The van der Waals surface area contributed by atoms with Gasteiger partial charge in [0.05, 0.1) is 12.7 Å². The number of para-hydroxylation sites is 1. The third-order valence-corrected chi connectivity index (χ3v) is 7.58. The monoisotopic (exact) mass is 474 g/mol. The maximum atomic E-state index is 13.3. The lowest BCUT2D eigenvalue weighted by Gasteiger charge is -2.21. The molecule has 2 aromatic carbocycles. The van der Waals surface area contributed by atoms with Crippen molar-refractivity contribution in [3.8, 4) is 5.75 Å². The van der Waals surface area contributed by atoms with Crippen LogP contribution in [-0.4, -0.2) is 51.4 Å². The number of methoxy groups -OCH3 is 1. The van der Waals surface area contributed by atoms with Crippen LogP contribution in [0.4, 0.5) is 5.69 Å². The molecule has 8 nitrogen and oxygen atoms in total. The number of esters is 1. The summed E-state index contributed by atoms with van der Waals surface area (Å²) in [6.07, 6.45) is 3.55. The van der Waals surface area contributed by atoms with E-state index < -0.39 is 28.5 Å². The highest BCUT2D eigenvalue weighted by Crippen LogP contribution is 2.29. The van der Waals surface area contributed by atoms with Crippen molar-refractivity contribution in [3.63, 3.8) is 0 Å². The van der Waals surface area contributed by atoms with Gasteiger partial charge in [-0.25, -0.2) is 13.2 Å². The molecule has 1 aliphatic heterocycles. The fourth-order valence-electron chi connectivity index (χ4n) is 3.83. The Balaban J connectivity index is 1.74. The molecule has 0 spiro atoms. The van der Waals surface area contributed by atoms with E-state index in [1.54, 1.807) is 0 Å². The maximum absolute atomic E-state index is 13.3. The normalized spacial score (nSPS) is 14.9. The van der Waals surface area contributed by atoms with Gasteiger partial charge in [0.15, 0.2) is 6.61 Å².